The van der Waals surface area contributed by atoms with Crippen molar-refractivity contribution in [3.05, 3.63) is 95.6 Å². The molecule has 7 nitrogen and oxygen atoms in total. The average molecular weight is 517 g/mol. The quantitative estimate of drug-likeness (QED) is 0.261. The summed E-state index contributed by atoms with van der Waals surface area (Å²) in [6.07, 6.45) is 2.48. The Morgan fingerprint density at radius 1 is 0.868 bits per heavy atom. The fraction of sp³-hybridized carbons (Fsp3) is 0.323. The number of carbonyl (C=O) groups excluding carboxylic acids is 2. The van der Waals surface area contributed by atoms with Gasteiger partial charge in [-0.25, -0.2) is 4.79 Å². The molecule has 0 saturated carbocycles. The van der Waals surface area contributed by atoms with Gasteiger partial charge in [-0.3, -0.25) is 9.59 Å². The summed E-state index contributed by atoms with van der Waals surface area (Å²) < 4.78 is 5.84. The molecule has 7 heteroatoms. The molecule has 0 fully saturated rings. The first-order chi connectivity index (χ1) is 18.4. The van der Waals surface area contributed by atoms with E-state index in [9.17, 15) is 19.5 Å². The standard InChI is InChI=1S/C31H36N2O5/c1-3-10-29(34)33(19-4-2)20-21-38-25-17-15-23(16-18-25)22-28(31(36)37)32-27-14-9-8-13-26(27)30(35)24-11-6-5-7-12-24/h5-9,11-18,28,32H,3-4,10,19-22H2,1-2H3,(H,36,37)/t28-/m0/s1. The number of benzene rings is 3. The van der Waals surface area contributed by atoms with E-state index in [0.717, 1.165) is 18.4 Å². The molecule has 0 spiro atoms. The maximum absolute atomic E-state index is 13.0. The number of carboxylic acid groups (broad SMARTS) is 1. The number of hydrogen-bond acceptors (Lipinski definition) is 5. The van der Waals surface area contributed by atoms with Gasteiger partial charge >= 0.3 is 5.97 Å². The maximum Gasteiger partial charge on any atom is 0.326 e. The lowest BCUT2D eigenvalue weighted by Crippen LogP contribution is -2.35. The van der Waals surface area contributed by atoms with Crippen molar-refractivity contribution in [1.82, 2.24) is 4.90 Å². The van der Waals surface area contributed by atoms with Gasteiger partial charge in [-0.05, 0) is 42.7 Å². The molecule has 3 aromatic rings. The molecule has 0 aliphatic heterocycles. The molecule has 3 rings (SSSR count). The molecule has 1 amide bonds. The van der Waals surface area contributed by atoms with Crippen LogP contribution >= 0.6 is 0 Å². The van der Waals surface area contributed by atoms with Crippen LogP contribution in [0.3, 0.4) is 0 Å². The Kier molecular flexibility index (Phi) is 10.9. The Morgan fingerprint density at radius 2 is 1.55 bits per heavy atom. The van der Waals surface area contributed by atoms with Gasteiger partial charge in [-0.2, -0.15) is 0 Å². The van der Waals surface area contributed by atoms with E-state index in [4.69, 9.17) is 4.74 Å². The fourth-order valence-electron chi connectivity index (χ4n) is 4.17. The molecule has 0 radical (unpaired) electrons. The first kappa shape index (κ1) is 28.4. The van der Waals surface area contributed by atoms with E-state index < -0.39 is 12.0 Å². The third-order valence-corrected chi connectivity index (χ3v) is 6.14. The van der Waals surface area contributed by atoms with Crippen LogP contribution in [0.4, 0.5) is 5.69 Å². The van der Waals surface area contributed by atoms with Gasteiger partial charge in [0, 0.05) is 36.2 Å². The molecule has 0 aromatic heterocycles. The Hall–Kier alpha value is -4.13. The van der Waals surface area contributed by atoms with E-state index in [2.05, 4.69) is 5.32 Å². The van der Waals surface area contributed by atoms with Crippen molar-refractivity contribution in [3.8, 4) is 5.75 Å². The first-order valence-corrected chi connectivity index (χ1v) is 13.1. The van der Waals surface area contributed by atoms with Crippen LogP contribution in [0.15, 0.2) is 78.9 Å². The van der Waals surface area contributed by atoms with Gasteiger partial charge in [-0.15, -0.1) is 0 Å². The van der Waals surface area contributed by atoms with E-state index in [0.29, 0.717) is 48.7 Å². The molecule has 0 aliphatic rings. The van der Waals surface area contributed by atoms with Gasteiger partial charge in [0.2, 0.25) is 5.91 Å². The number of aliphatic carboxylic acids is 1. The zero-order valence-electron chi connectivity index (χ0n) is 22.1. The Labute approximate surface area is 224 Å². The summed E-state index contributed by atoms with van der Waals surface area (Å²) >= 11 is 0. The van der Waals surface area contributed by atoms with Gasteiger partial charge in [-0.1, -0.05) is 68.4 Å². The molecule has 3 aromatic carbocycles. The minimum absolute atomic E-state index is 0.146. The predicted octanol–water partition coefficient (Wildman–Crippen LogP) is 5.44. The second kappa shape index (κ2) is 14.6. The number of para-hydroxylation sites is 1. The van der Waals surface area contributed by atoms with Crippen LogP contribution in [0.5, 0.6) is 5.75 Å². The topological polar surface area (TPSA) is 95.9 Å². The lowest BCUT2D eigenvalue weighted by Gasteiger charge is -2.22. The summed E-state index contributed by atoms with van der Waals surface area (Å²) in [5, 5.41) is 12.9. The van der Waals surface area contributed by atoms with Crippen molar-refractivity contribution >= 4 is 23.3 Å². The number of carbonyl (C=O) groups is 3. The number of nitrogens with zero attached hydrogens (tertiary/aromatic N) is 1. The normalized spacial score (nSPS) is 11.4. The lowest BCUT2D eigenvalue weighted by molar-refractivity contribution is -0.138. The predicted molar refractivity (Wildman–Crippen MR) is 149 cm³/mol. The van der Waals surface area contributed by atoms with Gasteiger partial charge in [0.15, 0.2) is 5.78 Å². The van der Waals surface area contributed by atoms with Crippen LogP contribution in [-0.4, -0.2) is 53.4 Å². The highest BCUT2D eigenvalue weighted by Gasteiger charge is 2.21. The third kappa shape index (κ3) is 8.20. The molecule has 200 valence electrons. The zero-order chi connectivity index (χ0) is 27.3. The summed E-state index contributed by atoms with van der Waals surface area (Å²) in [5.74, 6) is -0.382. The van der Waals surface area contributed by atoms with E-state index in [1.165, 1.54) is 0 Å². The smallest absolute Gasteiger partial charge is 0.326 e. The molecule has 0 bridgehead atoms. The van der Waals surface area contributed by atoms with Gasteiger partial charge in [0.1, 0.15) is 18.4 Å². The van der Waals surface area contributed by atoms with Crippen molar-refractivity contribution in [1.29, 1.82) is 0 Å². The first-order valence-electron chi connectivity index (χ1n) is 13.1. The van der Waals surface area contributed by atoms with Crippen molar-refractivity contribution in [2.75, 3.05) is 25.0 Å². The Bertz CT molecular complexity index is 1190. The van der Waals surface area contributed by atoms with Gasteiger partial charge in [0.25, 0.3) is 0 Å². The van der Waals surface area contributed by atoms with E-state index in [-0.39, 0.29) is 18.1 Å². The summed E-state index contributed by atoms with van der Waals surface area (Å²) in [6.45, 7) is 5.67. The van der Waals surface area contributed by atoms with Crippen molar-refractivity contribution < 1.29 is 24.2 Å². The zero-order valence-corrected chi connectivity index (χ0v) is 22.1. The molecule has 2 N–H and O–H groups in total. The molecule has 0 aliphatic carbocycles. The average Bonchev–Trinajstić information content (AvgIpc) is 2.93. The maximum atomic E-state index is 13.0. The number of nitrogens with one attached hydrogen (secondary N) is 1. The molecule has 0 unspecified atom stereocenters. The van der Waals surface area contributed by atoms with Crippen LogP contribution < -0.4 is 10.1 Å². The lowest BCUT2D eigenvalue weighted by atomic mass is 10.00. The number of rotatable bonds is 15. The monoisotopic (exact) mass is 516 g/mol. The van der Waals surface area contributed by atoms with E-state index >= 15 is 0 Å². The molecular formula is C31H36N2O5. The van der Waals surface area contributed by atoms with E-state index in [1.54, 1.807) is 60.7 Å². The second-order valence-corrected chi connectivity index (χ2v) is 9.10. The molecular weight excluding hydrogens is 480 g/mol. The number of ether oxygens (including phenoxy) is 1. The number of ketones is 1. The molecule has 0 heterocycles. The number of anilines is 1. The van der Waals surface area contributed by atoms with Crippen molar-refractivity contribution in [3.63, 3.8) is 0 Å². The second-order valence-electron chi connectivity index (χ2n) is 9.10. The molecule has 0 saturated heterocycles. The number of hydrogen-bond donors (Lipinski definition) is 2. The highest BCUT2D eigenvalue weighted by Crippen LogP contribution is 2.22. The van der Waals surface area contributed by atoms with Crippen LogP contribution in [0, 0.1) is 0 Å². The largest absolute Gasteiger partial charge is 0.492 e. The minimum Gasteiger partial charge on any atom is -0.492 e. The van der Waals surface area contributed by atoms with Crippen molar-refractivity contribution in [2.45, 2.75) is 45.6 Å². The number of amides is 1. The SMILES string of the molecule is CCCC(=O)N(CCC)CCOc1ccc(C[C@H](Nc2ccccc2C(=O)c2ccccc2)C(=O)O)cc1. The fourth-order valence-corrected chi connectivity index (χ4v) is 4.17. The van der Waals surface area contributed by atoms with Gasteiger partial charge < -0.3 is 20.1 Å². The third-order valence-electron chi connectivity index (χ3n) is 6.14. The van der Waals surface area contributed by atoms with Crippen molar-refractivity contribution in [2.24, 2.45) is 0 Å². The summed E-state index contributed by atoms with van der Waals surface area (Å²) in [4.78, 5) is 39.2. The number of carboxylic acids is 1. The van der Waals surface area contributed by atoms with Crippen LogP contribution in [0.2, 0.25) is 0 Å². The van der Waals surface area contributed by atoms with E-state index in [1.807, 2.05) is 36.9 Å². The molecule has 1 atom stereocenters. The Morgan fingerprint density at radius 3 is 2.21 bits per heavy atom. The van der Waals surface area contributed by atoms with Crippen LogP contribution in [0.25, 0.3) is 0 Å². The summed E-state index contributed by atoms with van der Waals surface area (Å²) in [6, 6.07) is 22.2. The van der Waals surface area contributed by atoms with Crippen LogP contribution in [-0.2, 0) is 16.0 Å². The van der Waals surface area contributed by atoms with Gasteiger partial charge in [0.05, 0.1) is 6.54 Å². The Balaban J connectivity index is 1.62. The summed E-state index contributed by atoms with van der Waals surface area (Å²) in [7, 11) is 0. The minimum atomic E-state index is -1.01. The summed E-state index contributed by atoms with van der Waals surface area (Å²) in [5.41, 5.74) is 2.25. The van der Waals surface area contributed by atoms with Crippen LogP contribution in [0.1, 0.15) is 54.6 Å². The molecule has 38 heavy (non-hydrogen) atoms. The highest BCUT2D eigenvalue weighted by atomic mass is 16.5. The highest BCUT2D eigenvalue weighted by molar-refractivity contribution is 6.12.